The van der Waals surface area contributed by atoms with Crippen LogP contribution in [0.25, 0.3) is 11.1 Å². The Kier molecular flexibility index (Phi) is 3.90. The number of nitrogens with zero attached hydrogens (tertiary/aromatic N) is 2. The highest BCUT2D eigenvalue weighted by molar-refractivity contribution is 9.10. The van der Waals surface area contributed by atoms with Crippen LogP contribution in [0, 0.1) is 11.3 Å². The molecule has 106 valence electrons. The summed E-state index contributed by atoms with van der Waals surface area (Å²) in [6, 6.07) is 19.4. The molecule has 0 saturated carbocycles. The van der Waals surface area contributed by atoms with Crippen LogP contribution >= 0.6 is 15.9 Å². The lowest BCUT2D eigenvalue weighted by molar-refractivity contribution is 0.320. The van der Waals surface area contributed by atoms with Crippen molar-refractivity contribution < 1.29 is 5.21 Å². The van der Waals surface area contributed by atoms with Gasteiger partial charge in [0.25, 0.3) is 0 Å². The predicted octanol–water partition coefficient (Wildman–Crippen LogP) is 4.65. The Hall–Kier alpha value is -2.64. The maximum absolute atomic E-state index is 9.48. The van der Waals surface area contributed by atoms with Crippen LogP contribution in [-0.4, -0.2) is 10.9 Å². The number of rotatable bonds is 2. The van der Waals surface area contributed by atoms with Crippen LogP contribution in [0.3, 0.4) is 0 Å². The molecule has 1 aliphatic rings. The first-order chi connectivity index (χ1) is 10.7. The first-order valence-corrected chi connectivity index (χ1v) is 7.44. The number of hydrogen-bond acceptors (Lipinski definition) is 3. The van der Waals surface area contributed by atoms with E-state index in [2.05, 4.69) is 27.2 Å². The van der Waals surface area contributed by atoms with Gasteiger partial charge in [-0.05, 0) is 29.3 Å². The summed E-state index contributed by atoms with van der Waals surface area (Å²) in [6.45, 7) is 0. The van der Waals surface area contributed by atoms with E-state index in [1.54, 1.807) is 0 Å². The van der Waals surface area contributed by atoms with Crippen molar-refractivity contribution >= 4 is 32.8 Å². The monoisotopic (exact) mass is 350 g/mol. The number of oxime groups is 1. The molecule has 0 saturated heterocycles. The fraction of sp³-hybridized carbons (Fsp3) is 0. The minimum atomic E-state index is 0.305. The van der Waals surface area contributed by atoms with E-state index >= 15 is 0 Å². The molecule has 0 radical (unpaired) electrons. The Bertz CT molecular complexity index is 858. The van der Waals surface area contributed by atoms with Crippen LogP contribution in [-0.2, 0) is 0 Å². The normalized spacial score (nSPS) is 15.8. The van der Waals surface area contributed by atoms with Crippen molar-refractivity contribution in [3.05, 3.63) is 81.8 Å². The van der Waals surface area contributed by atoms with Crippen molar-refractivity contribution in [2.24, 2.45) is 5.16 Å². The van der Waals surface area contributed by atoms with E-state index in [1.807, 2.05) is 60.7 Å². The second-order valence-electron chi connectivity index (χ2n) is 4.78. The summed E-state index contributed by atoms with van der Waals surface area (Å²) in [7, 11) is 0. The average molecular weight is 351 g/mol. The minimum Gasteiger partial charge on any atom is -0.410 e. The van der Waals surface area contributed by atoms with Gasteiger partial charge in [0, 0.05) is 15.6 Å². The standard InChI is InChI=1S/C18H11BrN2O/c19-14-8-4-7-13(9-14)16-10-15(12-5-2-1-3-6-12)17(11-20)18(16)21-22/h1-10,22H/b21-18-. The largest absolute Gasteiger partial charge is 0.410 e. The van der Waals surface area contributed by atoms with E-state index in [1.165, 1.54) is 0 Å². The third-order valence-corrected chi connectivity index (χ3v) is 3.98. The Morgan fingerprint density at radius 2 is 1.73 bits per heavy atom. The van der Waals surface area contributed by atoms with Crippen molar-refractivity contribution in [1.29, 1.82) is 5.26 Å². The molecule has 0 heterocycles. The van der Waals surface area contributed by atoms with Crippen molar-refractivity contribution in [3.63, 3.8) is 0 Å². The fourth-order valence-electron chi connectivity index (χ4n) is 2.49. The van der Waals surface area contributed by atoms with Gasteiger partial charge in [0.05, 0.1) is 5.57 Å². The highest BCUT2D eigenvalue weighted by Gasteiger charge is 2.26. The van der Waals surface area contributed by atoms with Gasteiger partial charge in [0.2, 0.25) is 0 Å². The van der Waals surface area contributed by atoms with Crippen LogP contribution < -0.4 is 0 Å². The van der Waals surface area contributed by atoms with E-state index in [9.17, 15) is 10.5 Å². The molecule has 0 aliphatic heterocycles. The third-order valence-electron chi connectivity index (χ3n) is 3.48. The molecule has 0 spiro atoms. The molecule has 1 aliphatic carbocycles. The van der Waals surface area contributed by atoms with E-state index in [0.29, 0.717) is 11.3 Å². The Labute approximate surface area is 136 Å². The molecule has 3 rings (SSSR count). The van der Waals surface area contributed by atoms with Crippen molar-refractivity contribution in [3.8, 4) is 6.07 Å². The lowest BCUT2D eigenvalue weighted by Crippen LogP contribution is -2.01. The molecule has 0 amide bonds. The SMILES string of the molecule is N#CC1=C(c2ccccc2)C=C(c2cccc(Br)c2)/C1=N/O. The molecule has 0 fully saturated rings. The number of halogens is 1. The van der Waals surface area contributed by atoms with Gasteiger partial charge in [0.15, 0.2) is 0 Å². The van der Waals surface area contributed by atoms with Gasteiger partial charge in [-0.2, -0.15) is 5.26 Å². The smallest absolute Gasteiger partial charge is 0.128 e. The second kappa shape index (κ2) is 6.00. The second-order valence-corrected chi connectivity index (χ2v) is 5.70. The Balaban J connectivity index is 2.18. The molecule has 1 N–H and O–H groups in total. The molecule has 0 atom stereocenters. The molecule has 3 nitrogen and oxygen atoms in total. The van der Waals surface area contributed by atoms with E-state index in [0.717, 1.165) is 26.7 Å². The highest BCUT2D eigenvalue weighted by atomic mass is 79.9. The van der Waals surface area contributed by atoms with Crippen molar-refractivity contribution in [2.75, 3.05) is 0 Å². The molecule has 4 heteroatoms. The summed E-state index contributed by atoms with van der Waals surface area (Å²) < 4.78 is 0.926. The quantitative estimate of drug-likeness (QED) is 0.632. The summed E-state index contributed by atoms with van der Waals surface area (Å²) in [6.07, 6.45) is 1.89. The zero-order chi connectivity index (χ0) is 15.5. The van der Waals surface area contributed by atoms with E-state index < -0.39 is 0 Å². The number of hydrogen-bond donors (Lipinski definition) is 1. The van der Waals surface area contributed by atoms with Gasteiger partial charge in [-0.3, -0.25) is 0 Å². The summed E-state index contributed by atoms with van der Waals surface area (Å²) in [4.78, 5) is 0. The van der Waals surface area contributed by atoms with Crippen LogP contribution in [0.15, 0.2) is 75.9 Å². The number of benzene rings is 2. The average Bonchev–Trinajstić information content (AvgIpc) is 2.94. The summed E-state index contributed by atoms with van der Waals surface area (Å²) >= 11 is 3.44. The molecule has 2 aromatic rings. The summed E-state index contributed by atoms with van der Waals surface area (Å²) in [5, 5.41) is 22.2. The first kappa shape index (κ1) is 14.3. The molecule has 0 bridgehead atoms. The molecule has 2 aromatic carbocycles. The van der Waals surface area contributed by atoms with Gasteiger partial charge >= 0.3 is 0 Å². The Morgan fingerprint density at radius 1 is 1.00 bits per heavy atom. The number of allylic oxidation sites excluding steroid dienone is 4. The van der Waals surface area contributed by atoms with Gasteiger partial charge in [-0.1, -0.05) is 63.6 Å². The van der Waals surface area contributed by atoms with Gasteiger partial charge in [-0.15, -0.1) is 0 Å². The predicted molar refractivity (Wildman–Crippen MR) is 90.3 cm³/mol. The zero-order valence-corrected chi connectivity index (χ0v) is 13.1. The maximum Gasteiger partial charge on any atom is 0.128 e. The fourth-order valence-corrected chi connectivity index (χ4v) is 2.88. The van der Waals surface area contributed by atoms with E-state index in [4.69, 9.17) is 0 Å². The van der Waals surface area contributed by atoms with Gasteiger partial charge < -0.3 is 5.21 Å². The lowest BCUT2D eigenvalue weighted by Gasteiger charge is -2.04. The minimum absolute atomic E-state index is 0.305. The van der Waals surface area contributed by atoms with Crippen LogP contribution in [0.1, 0.15) is 11.1 Å². The first-order valence-electron chi connectivity index (χ1n) is 6.65. The lowest BCUT2D eigenvalue weighted by atomic mass is 10.0. The highest BCUT2D eigenvalue weighted by Crippen LogP contribution is 2.36. The zero-order valence-electron chi connectivity index (χ0n) is 11.5. The van der Waals surface area contributed by atoms with E-state index in [-0.39, 0.29) is 0 Å². The summed E-state index contributed by atoms with van der Waals surface area (Å²) in [5.41, 5.74) is 4.00. The molecular weight excluding hydrogens is 340 g/mol. The van der Waals surface area contributed by atoms with Crippen LogP contribution in [0.4, 0.5) is 0 Å². The molecular formula is C18H11BrN2O. The van der Waals surface area contributed by atoms with Gasteiger partial charge in [-0.25, -0.2) is 0 Å². The molecule has 22 heavy (non-hydrogen) atoms. The Morgan fingerprint density at radius 3 is 2.36 bits per heavy atom. The third kappa shape index (κ3) is 2.47. The van der Waals surface area contributed by atoms with Gasteiger partial charge in [0.1, 0.15) is 11.8 Å². The van der Waals surface area contributed by atoms with Crippen LogP contribution in [0.2, 0.25) is 0 Å². The van der Waals surface area contributed by atoms with Crippen molar-refractivity contribution in [2.45, 2.75) is 0 Å². The number of nitriles is 1. The molecule has 0 unspecified atom stereocenters. The van der Waals surface area contributed by atoms with Crippen LogP contribution in [0.5, 0.6) is 0 Å². The van der Waals surface area contributed by atoms with Crippen molar-refractivity contribution in [1.82, 2.24) is 0 Å². The summed E-state index contributed by atoms with van der Waals surface area (Å²) in [5.74, 6) is 0. The maximum atomic E-state index is 9.48. The topological polar surface area (TPSA) is 56.4 Å². The molecule has 0 aromatic heterocycles.